The fraction of sp³-hybridized carbons (Fsp3) is 0.0400. The van der Waals surface area contributed by atoms with Gasteiger partial charge in [0.05, 0.1) is 24.4 Å². The number of benzene rings is 2. The van der Waals surface area contributed by atoms with Gasteiger partial charge in [0, 0.05) is 11.9 Å². The van der Waals surface area contributed by atoms with Crippen molar-refractivity contribution in [3.63, 3.8) is 0 Å². The molecule has 32 heavy (non-hydrogen) atoms. The summed E-state index contributed by atoms with van der Waals surface area (Å²) in [5, 5.41) is 9.43. The number of nitrogen functional groups attached to an aromatic ring is 1. The number of aromatic nitrogens is 4. The first-order valence-corrected chi connectivity index (χ1v) is 9.96. The Labute approximate surface area is 184 Å². The van der Waals surface area contributed by atoms with Gasteiger partial charge in [0.1, 0.15) is 11.3 Å². The number of anilines is 1. The molecule has 3 aromatic heterocycles. The Morgan fingerprint density at radius 1 is 0.969 bits per heavy atom. The number of pyridine rings is 2. The van der Waals surface area contributed by atoms with Crippen LogP contribution in [0.3, 0.4) is 0 Å². The SMILES string of the molecule is [C-]#[N+]c1cccc(-c2ccc3nc(-c4cccnc4N)n(-c4ccc(CO)cc4)c3n2)c1. The molecule has 0 saturated heterocycles. The molecule has 5 aromatic rings. The number of aliphatic hydroxyl groups is 1. The van der Waals surface area contributed by atoms with Crippen LogP contribution in [0.2, 0.25) is 0 Å². The van der Waals surface area contributed by atoms with E-state index in [0.717, 1.165) is 22.5 Å². The van der Waals surface area contributed by atoms with Crippen LogP contribution < -0.4 is 5.73 Å². The Morgan fingerprint density at radius 3 is 2.56 bits per heavy atom. The second-order valence-electron chi connectivity index (χ2n) is 7.23. The van der Waals surface area contributed by atoms with Gasteiger partial charge in [0.15, 0.2) is 17.2 Å². The van der Waals surface area contributed by atoms with E-state index in [2.05, 4.69) is 9.83 Å². The third kappa shape index (κ3) is 3.35. The molecule has 0 aliphatic rings. The Kier molecular flexibility index (Phi) is 4.82. The van der Waals surface area contributed by atoms with E-state index in [1.54, 1.807) is 12.3 Å². The quantitative estimate of drug-likeness (QED) is 0.410. The van der Waals surface area contributed by atoms with Gasteiger partial charge < -0.3 is 10.8 Å². The van der Waals surface area contributed by atoms with E-state index in [9.17, 15) is 5.11 Å². The Balaban J connectivity index is 1.78. The molecule has 0 unspecified atom stereocenters. The van der Waals surface area contributed by atoms with Crippen molar-refractivity contribution in [2.45, 2.75) is 6.61 Å². The van der Waals surface area contributed by atoms with Crippen molar-refractivity contribution in [1.82, 2.24) is 19.5 Å². The van der Waals surface area contributed by atoms with Crippen LogP contribution in [-0.4, -0.2) is 24.6 Å². The number of fused-ring (bicyclic) bond motifs is 1. The van der Waals surface area contributed by atoms with Gasteiger partial charge in [-0.25, -0.2) is 19.8 Å². The molecule has 0 amide bonds. The fourth-order valence-electron chi connectivity index (χ4n) is 3.64. The molecule has 0 spiro atoms. The van der Waals surface area contributed by atoms with E-state index in [1.165, 1.54) is 0 Å². The van der Waals surface area contributed by atoms with Crippen molar-refractivity contribution < 1.29 is 5.11 Å². The highest BCUT2D eigenvalue weighted by atomic mass is 16.3. The average molecular weight is 418 g/mol. The lowest BCUT2D eigenvalue weighted by molar-refractivity contribution is 0.282. The zero-order valence-electron chi connectivity index (χ0n) is 17.0. The molecule has 7 heteroatoms. The lowest BCUT2D eigenvalue weighted by Gasteiger charge is -2.11. The van der Waals surface area contributed by atoms with Gasteiger partial charge in [0.25, 0.3) is 0 Å². The van der Waals surface area contributed by atoms with Gasteiger partial charge in [0.2, 0.25) is 0 Å². The molecule has 0 aliphatic heterocycles. The van der Waals surface area contributed by atoms with Crippen LogP contribution in [0.25, 0.3) is 44.3 Å². The summed E-state index contributed by atoms with van der Waals surface area (Å²) in [7, 11) is 0. The summed E-state index contributed by atoms with van der Waals surface area (Å²) in [5.74, 6) is 1.00. The van der Waals surface area contributed by atoms with Gasteiger partial charge in [-0.3, -0.25) is 4.57 Å². The summed E-state index contributed by atoms with van der Waals surface area (Å²) >= 11 is 0. The van der Waals surface area contributed by atoms with E-state index in [1.807, 2.05) is 71.3 Å². The van der Waals surface area contributed by atoms with Crippen LogP contribution in [0.4, 0.5) is 11.5 Å². The second-order valence-corrected chi connectivity index (χ2v) is 7.23. The number of nitrogens with zero attached hydrogens (tertiary/aromatic N) is 5. The third-order valence-electron chi connectivity index (χ3n) is 5.23. The number of rotatable bonds is 4. The van der Waals surface area contributed by atoms with Crippen molar-refractivity contribution in [1.29, 1.82) is 0 Å². The van der Waals surface area contributed by atoms with Crippen LogP contribution in [0.15, 0.2) is 79.0 Å². The molecule has 3 N–H and O–H groups in total. The summed E-state index contributed by atoms with van der Waals surface area (Å²) < 4.78 is 1.94. The molecule has 0 atom stereocenters. The van der Waals surface area contributed by atoms with E-state index in [-0.39, 0.29) is 6.61 Å². The number of aliphatic hydroxyl groups excluding tert-OH is 1. The Hall–Kier alpha value is -4.54. The summed E-state index contributed by atoms with van der Waals surface area (Å²) in [5.41, 5.74) is 12.0. The largest absolute Gasteiger partial charge is 0.392 e. The smallest absolute Gasteiger partial charge is 0.187 e. The third-order valence-corrected chi connectivity index (χ3v) is 5.23. The van der Waals surface area contributed by atoms with Gasteiger partial charge in [-0.05, 0) is 53.6 Å². The zero-order chi connectivity index (χ0) is 22.1. The minimum absolute atomic E-state index is 0.0346. The van der Waals surface area contributed by atoms with Crippen molar-refractivity contribution in [2.24, 2.45) is 0 Å². The maximum absolute atomic E-state index is 9.43. The molecular formula is C25H18N6O. The highest BCUT2D eigenvalue weighted by Gasteiger charge is 2.18. The van der Waals surface area contributed by atoms with Crippen LogP contribution in [0.1, 0.15) is 5.56 Å². The molecule has 7 nitrogen and oxygen atoms in total. The van der Waals surface area contributed by atoms with Gasteiger partial charge in [-0.15, -0.1) is 0 Å². The highest BCUT2D eigenvalue weighted by molar-refractivity contribution is 5.84. The first kappa shape index (κ1) is 19.4. The lowest BCUT2D eigenvalue weighted by Crippen LogP contribution is -2.02. The predicted molar refractivity (Wildman–Crippen MR) is 124 cm³/mol. The number of imidazole rings is 1. The molecule has 5 rings (SSSR count). The molecular weight excluding hydrogens is 400 g/mol. The molecule has 0 bridgehead atoms. The molecule has 0 fully saturated rings. The summed E-state index contributed by atoms with van der Waals surface area (Å²) in [6.07, 6.45) is 1.64. The first-order chi connectivity index (χ1) is 15.7. The Morgan fingerprint density at radius 2 is 1.81 bits per heavy atom. The number of nitrogens with two attached hydrogens (primary N) is 1. The summed E-state index contributed by atoms with van der Waals surface area (Å²) in [4.78, 5) is 17.4. The standard InChI is InChI=1S/C25H18N6O/c1-27-18-5-2-4-17(14-18)21-11-12-22-25(29-21)31(19-9-7-16(15-32)8-10-19)24(30-22)20-6-3-13-28-23(20)26/h2-14,32H,15H2,(H2,26,28). The maximum atomic E-state index is 9.43. The topological polar surface area (TPSA) is 94.2 Å². The van der Waals surface area contributed by atoms with Crippen LogP contribution in [0.5, 0.6) is 0 Å². The predicted octanol–water partition coefficient (Wildman–Crippen LogP) is 4.77. The Bertz CT molecular complexity index is 1480. The van der Waals surface area contributed by atoms with Crippen molar-refractivity contribution >= 4 is 22.7 Å². The van der Waals surface area contributed by atoms with Crippen LogP contribution >= 0.6 is 0 Å². The molecule has 2 aromatic carbocycles. The van der Waals surface area contributed by atoms with Crippen LogP contribution in [0, 0.1) is 6.57 Å². The molecule has 0 aliphatic carbocycles. The molecule has 3 heterocycles. The van der Waals surface area contributed by atoms with Crippen molar-refractivity contribution in [2.75, 3.05) is 5.73 Å². The van der Waals surface area contributed by atoms with E-state index < -0.39 is 0 Å². The monoisotopic (exact) mass is 418 g/mol. The average Bonchev–Trinajstić information content (AvgIpc) is 3.23. The van der Waals surface area contributed by atoms with E-state index in [4.69, 9.17) is 22.3 Å². The van der Waals surface area contributed by atoms with Crippen LogP contribution in [-0.2, 0) is 6.61 Å². The van der Waals surface area contributed by atoms with Crippen molar-refractivity contribution in [3.8, 4) is 28.3 Å². The number of hydrogen-bond acceptors (Lipinski definition) is 5. The minimum atomic E-state index is -0.0346. The van der Waals surface area contributed by atoms with Gasteiger partial charge in [-0.1, -0.05) is 30.3 Å². The zero-order valence-corrected chi connectivity index (χ0v) is 17.0. The van der Waals surface area contributed by atoms with Gasteiger partial charge in [-0.2, -0.15) is 0 Å². The lowest BCUT2D eigenvalue weighted by atomic mass is 10.1. The number of hydrogen-bond donors (Lipinski definition) is 2. The minimum Gasteiger partial charge on any atom is -0.392 e. The first-order valence-electron chi connectivity index (χ1n) is 9.96. The highest BCUT2D eigenvalue weighted by Crippen LogP contribution is 2.32. The molecule has 0 radical (unpaired) electrons. The summed E-state index contributed by atoms with van der Waals surface area (Å²) in [6, 6.07) is 22.4. The molecule has 0 saturated carbocycles. The van der Waals surface area contributed by atoms with E-state index in [0.29, 0.717) is 34.1 Å². The normalized spacial score (nSPS) is 10.9. The fourth-order valence-corrected chi connectivity index (χ4v) is 3.64. The van der Waals surface area contributed by atoms with Gasteiger partial charge >= 0.3 is 0 Å². The maximum Gasteiger partial charge on any atom is 0.187 e. The molecule has 154 valence electrons. The van der Waals surface area contributed by atoms with E-state index >= 15 is 0 Å². The second kappa shape index (κ2) is 7.95. The van der Waals surface area contributed by atoms with Crippen molar-refractivity contribution in [3.05, 3.63) is 96.0 Å². The summed E-state index contributed by atoms with van der Waals surface area (Å²) in [6.45, 7) is 7.25.